The molecule has 0 aliphatic carbocycles. The number of hydrogen-bond acceptors (Lipinski definition) is 4. The van der Waals surface area contributed by atoms with Gasteiger partial charge in [-0.1, -0.05) is 6.07 Å². The van der Waals surface area contributed by atoms with E-state index >= 15 is 0 Å². The Kier molecular flexibility index (Phi) is 5.01. The van der Waals surface area contributed by atoms with Crippen molar-refractivity contribution in [3.05, 3.63) is 24.0 Å². The highest BCUT2D eigenvalue weighted by molar-refractivity contribution is 5.57. The molecule has 0 aliphatic heterocycles. The van der Waals surface area contributed by atoms with Crippen LogP contribution in [0.5, 0.6) is 5.75 Å². The van der Waals surface area contributed by atoms with E-state index < -0.39 is 11.9 Å². The number of aliphatic hydroxyl groups is 2. The number of aliphatic hydroxyl groups excluding tert-OH is 2. The molecule has 0 saturated carbocycles. The minimum absolute atomic E-state index is 0.134. The van der Waals surface area contributed by atoms with Crippen LogP contribution in [0.2, 0.25) is 0 Å². The molecule has 3 N–H and O–H groups in total. The highest BCUT2D eigenvalue weighted by Gasteiger charge is 2.10. The molecule has 5 heteroatoms. The van der Waals surface area contributed by atoms with Crippen LogP contribution in [0.1, 0.15) is 6.92 Å². The van der Waals surface area contributed by atoms with E-state index in [1.807, 2.05) is 0 Å². The number of ether oxygens (including phenoxy) is 1. The number of halogens is 1. The van der Waals surface area contributed by atoms with Crippen LogP contribution in [0.3, 0.4) is 0 Å². The maximum atomic E-state index is 13.4. The summed E-state index contributed by atoms with van der Waals surface area (Å²) in [4.78, 5) is 0. The van der Waals surface area contributed by atoms with Gasteiger partial charge in [0.1, 0.15) is 0 Å². The van der Waals surface area contributed by atoms with Gasteiger partial charge in [-0.15, -0.1) is 0 Å². The molecule has 0 saturated heterocycles. The van der Waals surface area contributed by atoms with Crippen LogP contribution in [0.25, 0.3) is 0 Å². The molecule has 1 atom stereocenters. The molecule has 4 nitrogen and oxygen atoms in total. The van der Waals surface area contributed by atoms with Crippen LogP contribution in [-0.4, -0.2) is 36.1 Å². The highest BCUT2D eigenvalue weighted by Crippen LogP contribution is 2.27. The largest absolute Gasteiger partial charge is 0.489 e. The van der Waals surface area contributed by atoms with Crippen molar-refractivity contribution in [1.29, 1.82) is 0 Å². The zero-order valence-electron chi connectivity index (χ0n) is 9.11. The lowest BCUT2D eigenvalue weighted by molar-refractivity contribution is 0.105. The van der Waals surface area contributed by atoms with Crippen LogP contribution < -0.4 is 10.1 Å². The Bertz CT molecular complexity index is 333. The lowest BCUT2D eigenvalue weighted by Gasteiger charge is -2.14. The van der Waals surface area contributed by atoms with Gasteiger partial charge in [0.25, 0.3) is 0 Å². The summed E-state index contributed by atoms with van der Waals surface area (Å²) in [5.74, 6) is -0.319. The van der Waals surface area contributed by atoms with Crippen molar-refractivity contribution in [1.82, 2.24) is 0 Å². The molecule has 0 radical (unpaired) electrons. The first-order valence-electron chi connectivity index (χ1n) is 5.13. The monoisotopic (exact) mass is 229 g/mol. The van der Waals surface area contributed by atoms with Crippen molar-refractivity contribution < 1.29 is 19.3 Å². The van der Waals surface area contributed by atoms with E-state index in [1.165, 1.54) is 6.07 Å². The average Bonchev–Trinajstić information content (AvgIpc) is 2.29. The predicted molar refractivity (Wildman–Crippen MR) is 59.2 cm³/mol. The fourth-order valence-electron chi connectivity index (χ4n) is 1.23. The first kappa shape index (κ1) is 12.7. The zero-order valence-corrected chi connectivity index (χ0v) is 9.11. The van der Waals surface area contributed by atoms with Gasteiger partial charge in [0.05, 0.1) is 25.0 Å². The summed E-state index contributed by atoms with van der Waals surface area (Å²) in [5.41, 5.74) is 0.467. The number of nitrogens with one attached hydrogen (secondary N) is 1. The van der Waals surface area contributed by atoms with E-state index in [0.29, 0.717) is 12.3 Å². The van der Waals surface area contributed by atoms with E-state index in [2.05, 4.69) is 5.32 Å². The first-order chi connectivity index (χ1) is 7.69. The van der Waals surface area contributed by atoms with Crippen LogP contribution in [-0.2, 0) is 0 Å². The molecule has 90 valence electrons. The third kappa shape index (κ3) is 3.36. The van der Waals surface area contributed by atoms with Gasteiger partial charge in [0.15, 0.2) is 11.6 Å². The second-order valence-corrected chi connectivity index (χ2v) is 3.27. The molecule has 0 amide bonds. The molecule has 1 rings (SSSR count). The van der Waals surface area contributed by atoms with E-state index in [0.717, 1.165) is 0 Å². The fraction of sp³-hybridized carbons (Fsp3) is 0.455. The molecule has 1 aromatic carbocycles. The summed E-state index contributed by atoms with van der Waals surface area (Å²) in [5, 5.41) is 20.6. The second kappa shape index (κ2) is 6.30. The lowest BCUT2D eigenvalue weighted by atomic mass is 10.2. The SMILES string of the molecule is CCOc1c(F)cccc1NCC(O)CO. The smallest absolute Gasteiger partial charge is 0.177 e. The summed E-state index contributed by atoms with van der Waals surface area (Å²) < 4.78 is 18.5. The van der Waals surface area contributed by atoms with Gasteiger partial charge in [-0.3, -0.25) is 0 Å². The van der Waals surface area contributed by atoms with Crippen molar-refractivity contribution in [2.24, 2.45) is 0 Å². The van der Waals surface area contributed by atoms with Crippen LogP contribution in [0, 0.1) is 5.82 Å². The summed E-state index contributed by atoms with van der Waals surface area (Å²) in [6, 6.07) is 4.50. The first-order valence-corrected chi connectivity index (χ1v) is 5.13. The fourth-order valence-corrected chi connectivity index (χ4v) is 1.23. The van der Waals surface area contributed by atoms with Gasteiger partial charge in [-0.2, -0.15) is 0 Å². The summed E-state index contributed by atoms with van der Waals surface area (Å²) in [6.45, 7) is 1.92. The van der Waals surface area contributed by atoms with Gasteiger partial charge >= 0.3 is 0 Å². The zero-order chi connectivity index (χ0) is 12.0. The molecule has 16 heavy (non-hydrogen) atoms. The van der Waals surface area contributed by atoms with Gasteiger partial charge in [0, 0.05) is 6.54 Å². The summed E-state index contributed by atoms with van der Waals surface area (Å²) in [6.07, 6.45) is -0.877. The molecule has 0 spiro atoms. The highest BCUT2D eigenvalue weighted by atomic mass is 19.1. The Hall–Kier alpha value is -1.33. The number of para-hydroxylation sites is 1. The quantitative estimate of drug-likeness (QED) is 0.680. The van der Waals surface area contributed by atoms with Crippen LogP contribution in [0.4, 0.5) is 10.1 Å². The van der Waals surface area contributed by atoms with Crippen LogP contribution in [0.15, 0.2) is 18.2 Å². The minimum atomic E-state index is -0.877. The second-order valence-electron chi connectivity index (χ2n) is 3.27. The van der Waals surface area contributed by atoms with Crippen molar-refractivity contribution >= 4 is 5.69 Å². The van der Waals surface area contributed by atoms with Gasteiger partial charge in [0.2, 0.25) is 0 Å². The molecule has 0 aliphatic rings. The third-order valence-corrected chi connectivity index (χ3v) is 1.99. The molecular weight excluding hydrogens is 213 g/mol. The van der Waals surface area contributed by atoms with E-state index in [4.69, 9.17) is 14.9 Å². The van der Waals surface area contributed by atoms with Gasteiger partial charge in [-0.25, -0.2) is 4.39 Å². The average molecular weight is 229 g/mol. The van der Waals surface area contributed by atoms with E-state index in [1.54, 1.807) is 19.1 Å². The van der Waals surface area contributed by atoms with Crippen molar-refractivity contribution in [3.8, 4) is 5.75 Å². The maximum Gasteiger partial charge on any atom is 0.177 e. The molecule has 0 bridgehead atoms. The Morgan fingerprint density at radius 2 is 2.25 bits per heavy atom. The van der Waals surface area contributed by atoms with Gasteiger partial charge < -0.3 is 20.3 Å². The van der Waals surface area contributed by atoms with Gasteiger partial charge in [-0.05, 0) is 19.1 Å². The molecule has 0 fully saturated rings. The predicted octanol–water partition coefficient (Wildman–Crippen LogP) is 0.989. The molecular formula is C11H16FNO3. The van der Waals surface area contributed by atoms with Crippen LogP contribution >= 0.6 is 0 Å². The number of hydrogen-bond donors (Lipinski definition) is 3. The maximum absolute atomic E-state index is 13.4. The number of rotatable bonds is 6. The Morgan fingerprint density at radius 3 is 2.88 bits per heavy atom. The summed E-state index contributed by atoms with van der Waals surface area (Å²) in [7, 11) is 0. The normalized spacial score (nSPS) is 12.2. The van der Waals surface area contributed by atoms with E-state index in [-0.39, 0.29) is 18.9 Å². The van der Waals surface area contributed by atoms with Crippen molar-refractivity contribution in [2.75, 3.05) is 25.1 Å². The summed E-state index contributed by atoms with van der Waals surface area (Å²) >= 11 is 0. The van der Waals surface area contributed by atoms with Crippen molar-refractivity contribution in [3.63, 3.8) is 0 Å². The Labute approximate surface area is 93.7 Å². The minimum Gasteiger partial charge on any atom is -0.489 e. The number of benzene rings is 1. The Balaban J connectivity index is 2.74. The third-order valence-electron chi connectivity index (χ3n) is 1.99. The standard InChI is InChI=1S/C11H16FNO3/c1-2-16-11-9(12)4-3-5-10(11)13-6-8(15)7-14/h3-5,8,13-15H,2,6-7H2,1H3. The number of anilines is 1. The molecule has 1 aromatic rings. The Morgan fingerprint density at radius 1 is 1.50 bits per heavy atom. The molecule has 0 aromatic heterocycles. The van der Waals surface area contributed by atoms with Crippen molar-refractivity contribution in [2.45, 2.75) is 13.0 Å². The lowest BCUT2D eigenvalue weighted by Crippen LogP contribution is -2.23. The van der Waals surface area contributed by atoms with E-state index in [9.17, 15) is 4.39 Å². The molecule has 1 unspecified atom stereocenters. The topological polar surface area (TPSA) is 61.7 Å². The molecule has 0 heterocycles.